The molecular weight excluding hydrogens is 274 g/mol. The van der Waals surface area contributed by atoms with Crippen LogP contribution in [0.1, 0.15) is 40.0 Å². The highest BCUT2D eigenvalue weighted by molar-refractivity contribution is 6.30. The van der Waals surface area contributed by atoms with Gasteiger partial charge >= 0.3 is 0 Å². The summed E-state index contributed by atoms with van der Waals surface area (Å²) in [7, 11) is 0. The molecule has 2 atom stereocenters. The molecule has 20 heavy (non-hydrogen) atoms. The van der Waals surface area contributed by atoms with Crippen LogP contribution in [0.15, 0.2) is 24.3 Å². The Kier molecular flexibility index (Phi) is 4.59. The predicted octanol–water partition coefficient (Wildman–Crippen LogP) is 3.80. The Morgan fingerprint density at radius 1 is 1.50 bits per heavy atom. The molecule has 2 unspecified atom stereocenters. The first-order chi connectivity index (χ1) is 9.35. The molecule has 2 rings (SSSR count). The van der Waals surface area contributed by atoms with E-state index in [9.17, 15) is 4.79 Å². The molecule has 1 fully saturated rings. The average Bonchev–Trinajstić information content (AvgIpc) is 2.68. The van der Waals surface area contributed by atoms with Crippen molar-refractivity contribution in [3.8, 4) is 5.75 Å². The molecule has 1 saturated carbocycles. The van der Waals surface area contributed by atoms with Crippen LogP contribution in [-0.4, -0.2) is 18.1 Å². The Labute approximate surface area is 125 Å². The van der Waals surface area contributed by atoms with Crippen molar-refractivity contribution < 1.29 is 9.53 Å². The molecule has 4 heteroatoms. The van der Waals surface area contributed by atoms with Crippen molar-refractivity contribution in [2.24, 2.45) is 5.41 Å². The Morgan fingerprint density at radius 2 is 2.25 bits per heavy atom. The highest BCUT2D eigenvalue weighted by Crippen LogP contribution is 2.36. The summed E-state index contributed by atoms with van der Waals surface area (Å²) in [5, 5.41) is 3.68. The number of ether oxygens (including phenoxy) is 1. The maximum Gasteiger partial charge on any atom is 0.260 e. The van der Waals surface area contributed by atoms with E-state index in [1.54, 1.807) is 25.1 Å². The molecule has 0 saturated heterocycles. The SMILES string of the molecule is CC(Oc1cccc(Cl)c1)C(=O)NC1CCC(C)(C)C1. The van der Waals surface area contributed by atoms with Crippen molar-refractivity contribution >= 4 is 17.5 Å². The van der Waals surface area contributed by atoms with Gasteiger partial charge < -0.3 is 10.1 Å². The van der Waals surface area contributed by atoms with Gasteiger partial charge in [0.15, 0.2) is 6.10 Å². The summed E-state index contributed by atoms with van der Waals surface area (Å²) in [6.45, 7) is 6.24. The zero-order valence-corrected chi connectivity index (χ0v) is 13.0. The van der Waals surface area contributed by atoms with E-state index in [-0.39, 0.29) is 11.9 Å². The minimum atomic E-state index is -0.517. The summed E-state index contributed by atoms with van der Waals surface area (Å²) in [4.78, 5) is 12.1. The minimum Gasteiger partial charge on any atom is -0.481 e. The van der Waals surface area contributed by atoms with Crippen LogP contribution in [-0.2, 0) is 4.79 Å². The Bertz CT molecular complexity index is 487. The molecule has 1 aliphatic carbocycles. The third kappa shape index (κ3) is 4.14. The molecule has 0 bridgehead atoms. The number of hydrogen-bond donors (Lipinski definition) is 1. The highest BCUT2D eigenvalue weighted by Gasteiger charge is 2.32. The van der Waals surface area contributed by atoms with Gasteiger partial charge in [-0.2, -0.15) is 0 Å². The summed E-state index contributed by atoms with van der Waals surface area (Å²) in [5.74, 6) is 0.555. The number of carbonyl (C=O) groups is 1. The smallest absolute Gasteiger partial charge is 0.260 e. The Hall–Kier alpha value is -1.22. The fourth-order valence-electron chi connectivity index (χ4n) is 2.68. The number of benzene rings is 1. The van der Waals surface area contributed by atoms with Crippen molar-refractivity contribution in [3.63, 3.8) is 0 Å². The van der Waals surface area contributed by atoms with E-state index in [1.165, 1.54) is 0 Å². The van der Waals surface area contributed by atoms with Crippen LogP contribution >= 0.6 is 11.6 Å². The lowest BCUT2D eigenvalue weighted by molar-refractivity contribution is -0.128. The molecule has 1 aromatic rings. The first kappa shape index (κ1) is 15.2. The predicted molar refractivity (Wildman–Crippen MR) is 81.1 cm³/mol. The van der Waals surface area contributed by atoms with Crippen molar-refractivity contribution in [2.75, 3.05) is 0 Å². The number of nitrogens with one attached hydrogen (secondary N) is 1. The monoisotopic (exact) mass is 295 g/mol. The second-order valence-electron chi connectivity index (χ2n) is 6.33. The third-order valence-corrected chi connectivity index (χ3v) is 4.03. The highest BCUT2D eigenvalue weighted by atomic mass is 35.5. The molecule has 0 spiro atoms. The van der Waals surface area contributed by atoms with E-state index in [0.29, 0.717) is 16.2 Å². The number of amides is 1. The van der Waals surface area contributed by atoms with Gasteiger partial charge in [-0.15, -0.1) is 0 Å². The number of carbonyl (C=O) groups excluding carboxylic acids is 1. The summed E-state index contributed by atoms with van der Waals surface area (Å²) >= 11 is 5.90. The summed E-state index contributed by atoms with van der Waals surface area (Å²) < 4.78 is 5.62. The largest absolute Gasteiger partial charge is 0.481 e. The molecule has 0 radical (unpaired) electrons. The summed E-state index contributed by atoms with van der Waals surface area (Å²) in [6.07, 6.45) is 2.71. The van der Waals surface area contributed by atoms with Gasteiger partial charge in [0.25, 0.3) is 5.91 Å². The first-order valence-corrected chi connectivity index (χ1v) is 7.46. The fourth-order valence-corrected chi connectivity index (χ4v) is 2.86. The van der Waals surface area contributed by atoms with Crippen LogP contribution in [0.2, 0.25) is 5.02 Å². The van der Waals surface area contributed by atoms with Crippen molar-refractivity contribution in [1.29, 1.82) is 0 Å². The lowest BCUT2D eigenvalue weighted by Crippen LogP contribution is -2.41. The van der Waals surface area contributed by atoms with Gasteiger partial charge in [0.1, 0.15) is 5.75 Å². The molecule has 1 amide bonds. The zero-order valence-electron chi connectivity index (χ0n) is 12.3. The van der Waals surface area contributed by atoms with Gasteiger partial charge in [-0.3, -0.25) is 4.79 Å². The fraction of sp³-hybridized carbons (Fsp3) is 0.562. The van der Waals surface area contributed by atoms with E-state index < -0.39 is 6.10 Å². The van der Waals surface area contributed by atoms with Crippen LogP contribution < -0.4 is 10.1 Å². The molecular formula is C16H22ClNO2. The molecule has 0 aliphatic heterocycles. The molecule has 110 valence electrons. The van der Waals surface area contributed by atoms with E-state index in [1.807, 2.05) is 6.07 Å². The van der Waals surface area contributed by atoms with Crippen molar-refractivity contribution in [1.82, 2.24) is 5.32 Å². The minimum absolute atomic E-state index is 0.0623. The van der Waals surface area contributed by atoms with E-state index >= 15 is 0 Å². The van der Waals surface area contributed by atoms with E-state index in [4.69, 9.17) is 16.3 Å². The van der Waals surface area contributed by atoms with E-state index in [2.05, 4.69) is 19.2 Å². The molecule has 0 aromatic heterocycles. The topological polar surface area (TPSA) is 38.3 Å². The zero-order chi connectivity index (χ0) is 14.8. The van der Waals surface area contributed by atoms with Crippen molar-refractivity contribution in [2.45, 2.75) is 52.2 Å². The average molecular weight is 296 g/mol. The lowest BCUT2D eigenvalue weighted by atomic mass is 9.92. The Morgan fingerprint density at radius 3 is 2.85 bits per heavy atom. The molecule has 1 aliphatic rings. The molecule has 3 nitrogen and oxygen atoms in total. The van der Waals surface area contributed by atoms with Gasteiger partial charge in [0, 0.05) is 11.1 Å². The summed E-state index contributed by atoms with van der Waals surface area (Å²) in [6, 6.07) is 7.36. The van der Waals surface area contributed by atoms with Gasteiger partial charge in [0.2, 0.25) is 0 Å². The second-order valence-corrected chi connectivity index (χ2v) is 6.77. The van der Waals surface area contributed by atoms with Crippen LogP contribution in [0.4, 0.5) is 0 Å². The van der Waals surface area contributed by atoms with Gasteiger partial charge in [-0.1, -0.05) is 31.5 Å². The maximum atomic E-state index is 12.1. The van der Waals surface area contributed by atoms with E-state index in [0.717, 1.165) is 19.3 Å². The second kappa shape index (κ2) is 6.04. The molecule has 1 N–H and O–H groups in total. The Balaban J connectivity index is 1.86. The van der Waals surface area contributed by atoms with Gasteiger partial charge in [-0.25, -0.2) is 0 Å². The number of halogens is 1. The standard InChI is InChI=1S/C16H22ClNO2/c1-11(20-14-6-4-5-12(17)9-14)15(19)18-13-7-8-16(2,3)10-13/h4-6,9,11,13H,7-8,10H2,1-3H3,(H,18,19). The third-order valence-electron chi connectivity index (χ3n) is 3.79. The normalized spacial score (nSPS) is 22.3. The van der Waals surface area contributed by atoms with Crippen LogP contribution in [0, 0.1) is 5.41 Å². The van der Waals surface area contributed by atoms with Crippen molar-refractivity contribution in [3.05, 3.63) is 29.3 Å². The van der Waals surface area contributed by atoms with Gasteiger partial charge in [-0.05, 0) is 49.8 Å². The molecule has 0 heterocycles. The summed E-state index contributed by atoms with van der Waals surface area (Å²) in [5.41, 5.74) is 0.328. The number of rotatable bonds is 4. The lowest BCUT2D eigenvalue weighted by Gasteiger charge is -2.20. The van der Waals surface area contributed by atoms with Crippen LogP contribution in [0.3, 0.4) is 0 Å². The van der Waals surface area contributed by atoms with Crippen LogP contribution in [0.5, 0.6) is 5.75 Å². The number of hydrogen-bond acceptors (Lipinski definition) is 2. The maximum absolute atomic E-state index is 12.1. The quantitative estimate of drug-likeness (QED) is 0.917. The first-order valence-electron chi connectivity index (χ1n) is 7.08. The van der Waals surface area contributed by atoms with Gasteiger partial charge in [0.05, 0.1) is 0 Å². The van der Waals surface area contributed by atoms with Crippen LogP contribution in [0.25, 0.3) is 0 Å². The molecule has 1 aromatic carbocycles.